The van der Waals surface area contributed by atoms with Crippen molar-refractivity contribution in [3.63, 3.8) is 0 Å². The molecule has 1 N–H and O–H groups in total. The number of likely N-dealkylation sites (N-methyl/N-ethyl adjacent to an activating group) is 1. The highest BCUT2D eigenvalue weighted by atomic mass is 14.9. The average molecular weight is 276 g/mol. The van der Waals surface area contributed by atoms with Crippen molar-refractivity contribution in [3.05, 3.63) is 77.6 Å². The number of pyridine rings is 1. The summed E-state index contributed by atoms with van der Waals surface area (Å²) in [4.78, 5) is 4.40. The first-order chi connectivity index (χ1) is 10.3. The Morgan fingerprint density at radius 2 is 1.90 bits per heavy atom. The van der Waals surface area contributed by atoms with Crippen LogP contribution in [0.3, 0.4) is 0 Å². The third kappa shape index (κ3) is 2.96. The molecule has 1 aromatic heterocycles. The second-order valence-corrected chi connectivity index (χ2v) is 5.48. The van der Waals surface area contributed by atoms with Gasteiger partial charge in [0.25, 0.3) is 0 Å². The SMILES string of the molecule is CNC(Cc1cccc(C)c1)c1cncc2ccccc12. The molecule has 0 aliphatic heterocycles. The van der Waals surface area contributed by atoms with E-state index in [1.807, 2.05) is 19.4 Å². The van der Waals surface area contributed by atoms with Gasteiger partial charge in [-0.2, -0.15) is 0 Å². The predicted molar refractivity (Wildman–Crippen MR) is 88.4 cm³/mol. The van der Waals surface area contributed by atoms with Crippen LogP contribution >= 0.6 is 0 Å². The second-order valence-electron chi connectivity index (χ2n) is 5.48. The zero-order chi connectivity index (χ0) is 14.7. The lowest BCUT2D eigenvalue weighted by Gasteiger charge is -2.18. The molecular formula is C19H20N2. The highest BCUT2D eigenvalue weighted by Gasteiger charge is 2.13. The summed E-state index contributed by atoms with van der Waals surface area (Å²) in [7, 11) is 2.02. The van der Waals surface area contributed by atoms with E-state index in [0.29, 0.717) is 0 Å². The van der Waals surface area contributed by atoms with Crippen LogP contribution in [0, 0.1) is 6.92 Å². The second kappa shape index (κ2) is 6.06. The van der Waals surface area contributed by atoms with Gasteiger partial charge in [-0.25, -0.2) is 0 Å². The molecule has 0 aliphatic rings. The molecule has 2 heteroatoms. The molecule has 2 aromatic carbocycles. The van der Waals surface area contributed by atoms with Crippen molar-refractivity contribution in [2.75, 3.05) is 7.05 Å². The summed E-state index contributed by atoms with van der Waals surface area (Å²) in [6.45, 7) is 2.14. The molecule has 3 rings (SSSR count). The number of aromatic nitrogens is 1. The molecule has 106 valence electrons. The summed E-state index contributed by atoms with van der Waals surface area (Å²) in [5.74, 6) is 0. The number of hydrogen-bond donors (Lipinski definition) is 1. The monoisotopic (exact) mass is 276 g/mol. The van der Waals surface area contributed by atoms with Crippen molar-refractivity contribution in [1.82, 2.24) is 10.3 Å². The van der Waals surface area contributed by atoms with Gasteiger partial charge in [-0.1, -0.05) is 54.1 Å². The Morgan fingerprint density at radius 3 is 2.71 bits per heavy atom. The molecule has 0 fully saturated rings. The van der Waals surface area contributed by atoms with Crippen LogP contribution in [0.5, 0.6) is 0 Å². The smallest absolute Gasteiger partial charge is 0.0379 e. The lowest BCUT2D eigenvalue weighted by molar-refractivity contribution is 0.594. The number of aryl methyl sites for hydroxylation is 1. The van der Waals surface area contributed by atoms with Crippen molar-refractivity contribution in [2.24, 2.45) is 0 Å². The van der Waals surface area contributed by atoms with E-state index in [9.17, 15) is 0 Å². The molecule has 0 saturated carbocycles. The fourth-order valence-electron chi connectivity index (χ4n) is 2.86. The van der Waals surface area contributed by atoms with Crippen LogP contribution in [0.2, 0.25) is 0 Å². The lowest BCUT2D eigenvalue weighted by atomic mass is 9.95. The number of benzene rings is 2. The van der Waals surface area contributed by atoms with Crippen LogP contribution in [-0.2, 0) is 6.42 Å². The number of rotatable bonds is 4. The molecule has 1 heterocycles. The lowest BCUT2D eigenvalue weighted by Crippen LogP contribution is -2.19. The molecule has 0 bridgehead atoms. The van der Waals surface area contributed by atoms with Gasteiger partial charge in [0, 0.05) is 23.8 Å². The van der Waals surface area contributed by atoms with Crippen LogP contribution in [0.25, 0.3) is 10.8 Å². The molecule has 0 amide bonds. The quantitative estimate of drug-likeness (QED) is 0.777. The largest absolute Gasteiger partial charge is 0.313 e. The van der Waals surface area contributed by atoms with E-state index in [0.717, 1.165) is 6.42 Å². The number of fused-ring (bicyclic) bond motifs is 1. The Kier molecular flexibility index (Phi) is 3.98. The van der Waals surface area contributed by atoms with Gasteiger partial charge in [-0.05, 0) is 36.9 Å². The maximum absolute atomic E-state index is 4.40. The van der Waals surface area contributed by atoms with Crippen molar-refractivity contribution in [3.8, 4) is 0 Å². The molecule has 0 spiro atoms. The van der Waals surface area contributed by atoms with Crippen molar-refractivity contribution >= 4 is 10.8 Å². The van der Waals surface area contributed by atoms with Crippen LogP contribution in [0.1, 0.15) is 22.7 Å². The highest BCUT2D eigenvalue weighted by molar-refractivity contribution is 5.85. The van der Waals surface area contributed by atoms with E-state index in [-0.39, 0.29) is 6.04 Å². The van der Waals surface area contributed by atoms with E-state index in [1.54, 1.807) is 0 Å². The first-order valence-corrected chi connectivity index (χ1v) is 7.33. The van der Waals surface area contributed by atoms with Crippen LogP contribution < -0.4 is 5.32 Å². The van der Waals surface area contributed by atoms with Gasteiger partial charge in [-0.15, -0.1) is 0 Å². The Balaban J connectivity index is 1.98. The third-order valence-corrected chi connectivity index (χ3v) is 3.95. The topological polar surface area (TPSA) is 24.9 Å². The molecule has 2 nitrogen and oxygen atoms in total. The van der Waals surface area contributed by atoms with Crippen LogP contribution in [0.15, 0.2) is 60.9 Å². The maximum atomic E-state index is 4.40. The van der Waals surface area contributed by atoms with E-state index in [4.69, 9.17) is 0 Å². The zero-order valence-corrected chi connectivity index (χ0v) is 12.5. The molecule has 0 radical (unpaired) electrons. The van der Waals surface area contributed by atoms with Gasteiger partial charge in [0.05, 0.1) is 0 Å². The Bertz CT molecular complexity index is 744. The minimum absolute atomic E-state index is 0.269. The summed E-state index contributed by atoms with van der Waals surface area (Å²) < 4.78 is 0. The molecule has 0 saturated heterocycles. The Labute approximate surface area is 125 Å². The summed E-state index contributed by atoms with van der Waals surface area (Å²) in [5.41, 5.74) is 3.91. The summed E-state index contributed by atoms with van der Waals surface area (Å²) >= 11 is 0. The van der Waals surface area contributed by atoms with Crippen molar-refractivity contribution < 1.29 is 0 Å². The van der Waals surface area contributed by atoms with Crippen LogP contribution in [-0.4, -0.2) is 12.0 Å². The maximum Gasteiger partial charge on any atom is 0.0379 e. The van der Waals surface area contributed by atoms with Gasteiger partial charge in [0.1, 0.15) is 0 Å². The van der Waals surface area contributed by atoms with Crippen molar-refractivity contribution in [1.29, 1.82) is 0 Å². The minimum atomic E-state index is 0.269. The van der Waals surface area contributed by atoms with Gasteiger partial charge < -0.3 is 5.32 Å². The van der Waals surface area contributed by atoms with E-state index < -0.39 is 0 Å². The van der Waals surface area contributed by atoms with E-state index in [2.05, 4.69) is 65.8 Å². The number of nitrogens with zero attached hydrogens (tertiary/aromatic N) is 1. The number of hydrogen-bond acceptors (Lipinski definition) is 2. The fourth-order valence-corrected chi connectivity index (χ4v) is 2.86. The Morgan fingerprint density at radius 1 is 1.05 bits per heavy atom. The average Bonchev–Trinajstić information content (AvgIpc) is 2.52. The van der Waals surface area contributed by atoms with Gasteiger partial charge in [-0.3, -0.25) is 4.98 Å². The third-order valence-electron chi connectivity index (χ3n) is 3.95. The van der Waals surface area contributed by atoms with Gasteiger partial charge in [0.15, 0.2) is 0 Å². The van der Waals surface area contributed by atoms with Gasteiger partial charge >= 0.3 is 0 Å². The van der Waals surface area contributed by atoms with Gasteiger partial charge in [0.2, 0.25) is 0 Å². The summed E-state index contributed by atoms with van der Waals surface area (Å²) in [6, 6.07) is 17.4. The molecule has 1 atom stereocenters. The highest BCUT2D eigenvalue weighted by Crippen LogP contribution is 2.25. The molecule has 21 heavy (non-hydrogen) atoms. The van der Waals surface area contributed by atoms with Crippen molar-refractivity contribution in [2.45, 2.75) is 19.4 Å². The van der Waals surface area contributed by atoms with E-state index >= 15 is 0 Å². The standard InChI is InChI=1S/C19H20N2/c1-14-6-5-7-15(10-14)11-19(20-2)18-13-21-12-16-8-3-4-9-17(16)18/h3-10,12-13,19-20H,11H2,1-2H3. The first kappa shape index (κ1) is 13.8. The summed E-state index contributed by atoms with van der Waals surface area (Å²) in [5, 5.41) is 5.91. The first-order valence-electron chi connectivity index (χ1n) is 7.33. The zero-order valence-electron chi connectivity index (χ0n) is 12.5. The number of nitrogens with one attached hydrogen (secondary N) is 1. The molecular weight excluding hydrogens is 256 g/mol. The summed E-state index contributed by atoms with van der Waals surface area (Å²) in [6.07, 6.45) is 4.88. The molecule has 1 unspecified atom stereocenters. The van der Waals surface area contributed by atoms with Crippen LogP contribution in [0.4, 0.5) is 0 Å². The molecule has 0 aliphatic carbocycles. The Hall–Kier alpha value is -2.19. The molecule has 3 aromatic rings. The fraction of sp³-hybridized carbons (Fsp3) is 0.211. The van der Waals surface area contributed by atoms with E-state index in [1.165, 1.54) is 27.5 Å². The normalized spacial score (nSPS) is 12.5. The minimum Gasteiger partial charge on any atom is -0.313 e. The predicted octanol–water partition coefficient (Wildman–Crippen LogP) is 4.05.